The van der Waals surface area contributed by atoms with E-state index in [9.17, 15) is 4.79 Å². The first-order chi connectivity index (χ1) is 11.2. The summed E-state index contributed by atoms with van der Waals surface area (Å²) in [5.74, 6) is -0.342. The maximum atomic E-state index is 11.8. The van der Waals surface area contributed by atoms with Crippen LogP contribution in [0.5, 0.6) is 0 Å². The molecule has 1 aromatic carbocycles. The number of carbonyl (C=O) groups is 1. The number of carbonyl (C=O) groups excluding carboxylic acids is 1. The Balaban J connectivity index is 1.87. The number of benzene rings is 1. The number of esters is 1. The lowest BCUT2D eigenvalue weighted by atomic mass is 10.1. The molecule has 2 heterocycles. The van der Waals surface area contributed by atoms with Crippen LogP contribution in [0.4, 0.5) is 0 Å². The fourth-order valence-electron chi connectivity index (χ4n) is 2.31. The van der Waals surface area contributed by atoms with Gasteiger partial charge in [-0.15, -0.1) is 0 Å². The molecule has 116 valence electrons. The smallest absolute Gasteiger partial charge is 0.338 e. The second kappa shape index (κ2) is 6.75. The summed E-state index contributed by atoms with van der Waals surface area (Å²) < 4.78 is 7.38. The van der Waals surface area contributed by atoms with E-state index in [-0.39, 0.29) is 5.97 Å². The van der Waals surface area contributed by atoms with Gasteiger partial charge in [0.2, 0.25) is 0 Å². The van der Waals surface area contributed by atoms with E-state index in [2.05, 4.69) is 26.0 Å². The van der Waals surface area contributed by atoms with Gasteiger partial charge in [-0.25, -0.2) is 9.78 Å². The van der Waals surface area contributed by atoms with Gasteiger partial charge in [0, 0.05) is 18.0 Å². The first-order valence-electron chi connectivity index (χ1n) is 6.99. The van der Waals surface area contributed by atoms with Gasteiger partial charge in [-0.1, -0.05) is 18.2 Å². The minimum atomic E-state index is -0.342. The van der Waals surface area contributed by atoms with Crippen molar-refractivity contribution in [2.45, 2.75) is 6.54 Å². The van der Waals surface area contributed by atoms with Gasteiger partial charge in [0.15, 0.2) is 0 Å². The highest BCUT2D eigenvalue weighted by Crippen LogP contribution is 2.20. The molecule has 0 radical (unpaired) electrons. The average Bonchev–Trinajstić information content (AvgIpc) is 3.03. The summed E-state index contributed by atoms with van der Waals surface area (Å²) >= 11 is 3.36. The van der Waals surface area contributed by atoms with Crippen LogP contribution in [0.2, 0.25) is 0 Å². The molecule has 0 aliphatic carbocycles. The van der Waals surface area contributed by atoms with Crippen LogP contribution in [0.25, 0.3) is 11.3 Å². The maximum absolute atomic E-state index is 11.8. The second-order valence-electron chi connectivity index (χ2n) is 4.91. The van der Waals surface area contributed by atoms with Gasteiger partial charge in [0.25, 0.3) is 0 Å². The zero-order valence-electron chi connectivity index (χ0n) is 12.4. The lowest BCUT2D eigenvalue weighted by Gasteiger charge is -2.07. The summed E-state index contributed by atoms with van der Waals surface area (Å²) in [4.78, 5) is 15.9. The SMILES string of the molecule is COC(=O)c1ccccc1Cn1ccc(-c2ccnc(Br)c2)n1. The molecule has 0 aliphatic heterocycles. The highest BCUT2D eigenvalue weighted by Gasteiger charge is 2.12. The first-order valence-corrected chi connectivity index (χ1v) is 7.78. The molecule has 0 unspecified atom stereocenters. The van der Waals surface area contributed by atoms with Crippen LogP contribution in [0.15, 0.2) is 59.5 Å². The van der Waals surface area contributed by atoms with E-state index in [1.165, 1.54) is 7.11 Å². The summed E-state index contributed by atoms with van der Waals surface area (Å²) in [7, 11) is 1.38. The highest BCUT2D eigenvalue weighted by molar-refractivity contribution is 9.10. The Labute approximate surface area is 142 Å². The third kappa shape index (κ3) is 3.48. The molecule has 2 aromatic heterocycles. The number of nitrogens with zero attached hydrogens (tertiary/aromatic N) is 3. The standard InChI is InChI=1S/C17H14BrN3O2/c1-23-17(22)14-5-3-2-4-13(14)11-21-9-7-15(20-21)12-6-8-19-16(18)10-12/h2-10H,11H2,1H3. The maximum Gasteiger partial charge on any atom is 0.338 e. The molecule has 0 saturated heterocycles. The first kappa shape index (κ1) is 15.4. The van der Waals surface area contributed by atoms with Crippen molar-refractivity contribution < 1.29 is 9.53 Å². The van der Waals surface area contributed by atoms with E-state index in [1.807, 2.05) is 42.6 Å². The molecule has 23 heavy (non-hydrogen) atoms. The van der Waals surface area contributed by atoms with Crippen LogP contribution in [-0.2, 0) is 11.3 Å². The molecule has 6 heteroatoms. The molecule has 0 saturated carbocycles. The van der Waals surface area contributed by atoms with Gasteiger partial charge in [0.05, 0.1) is 24.9 Å². The third-order valence-electron chi connectivity index (χ3n) is 3.42. The minimum Gasteiger partial charge on any atom is -0.465 e. The van der Waals surface area contributed by atoms with Crippen LogP contribution in [-0.4, -0.2) is 27.8 Å². The van der Waals surface area contributed by atoms with Crippen LogP contribution >= 0.6 is 15.9 Å². The van der Waals surface area contributed by atoms with Crippen molar-refractivity contribution in [3.05, 3.63) is 70.6 Å². The summed E-state index contributed by atoms with van der Waals surface area (Å²) in [6, 6.07) is 13.1. The number of hydrogen-bond acceptors (Lipinski definition) is 4. The molecule has 3 rings (SSSR count). The Bertz CT molecular complexity index is 845. The molecule has 0 aliphatic rings. The van der Waals surface area contributed by atoms with Gasteiger partial charge in [-0.3, -0.25) is 4.68 Å². The number of aromatic nitrogens is 3. The van der Waals surface area contributed by atoms with E-state index in [0.717, 1.165) is 21.4 Å². The molecule has 3 aromatic rings. The number of ether oxygens (including phenoxy) is 1. The fraction of sp³-hybridized carbons (Fsp3) is 0.118. The fourth-order valence-corrected chi connectivity index (χ4v) is 2.67. The lowest BCUT2D eigenvalue weighted by molar-refractivity contribution is 0.0599. The summed E-state index contributed by atoms with van der Waals surface area (Å²) in [6.45, 7) is 0.498. The Morgan fingerprint density at radius 2 is 2.09 bits per heavy atom. The van der Waals surface area contributed by atoms with Crippen molar-refractivity contribution in [3.8, 4) is 11.3 Å². The molecule has 0 fully saturated rings. The number of halogens is 1. The normalized spacial score (nSPS) is 10.5. The van der Waals surface area contributed by atoms with Crippen LogP contribution < -0.4 is 0 Å². The molecular formula is C17H14BrN3O2. The summed E-state index contributed by atoms with van der Waals surface area (Å²) in [5.41, 5.74) is 3.25. The quantitative estimate of drug-likeness (QED) is 0.519. The van der Waals surface area contributed by atoms with Crippen LogP contribution in [0.3, 0.4) is 0 Å². The Morgan fingerprint density at radius 3 is 2.87 bits per heavy atom. The Morgan fingerprint density at radius 1 is 1.26 bits per heavy atom. The summed E-state index contributed by atoms with van der Waals surface area (Å²) in [6.07, 6.45) is 3.61. The molecule has 0 amide bonds. The molecule has 0 atom stereocenters. The minimum absolute atomic E-state index is 0.342. The lowest BCUT2D eigenvalue weighted by Crippen LogP contribution is -2.09. The molecule has 0 spiro atoms. The third-order valence-corrected chi connectivity index (χ3v) is 3.85. The number of rotatable bonds is 4. The van der Waals surface area contributed by atoms with Crippen molar-refractivity contribution in [2.75, 3.05) is 7.11 Å². The van der Waals surface area contributed by atoms with Crippen molar-refractivity contribution in [1.29, 1.82) is 0 Å². The van der Waals surface area contributed by atoms with Crippen LogP contribution in [0, 0.1) is 0 Å². The number of methoxy groups -OCH3 is 1. The van der Waals surface area contributed by atoms with Gasteiger partial charge in [-0.05, 0) is 45.8 Å². The van der Waals surface area contributed by atoms with Gasteiger partial charge in [-0.2, -0.15) is 5.10 Å². The van der Waals surface area contributed by atoms with E-state index in [1.54, 1.807) is 16.9 Å². The Hall–Kier alpha value is -2.47. The highest BCUT2D eigenvalue weighted by atomic mass is 79.9. The zero-order valence-corrected chi connectivity index (χ0v) is 14.0. The second-order valence-corrected chi connectivity index (χ2v) is 5.73. The van der Waals surface area contributed by atoms with E-state index < -0.39 is 0 Å². The van der Waals surface area contributed by atoms with Crippen molar-refractivity contribution >= 4 is 21.9 Å². The van der Waals surface area contributed by atoms with Crippen molar-refractivity contribution in [2.24, 2.45) is 0 Å². The van der Waals surface area contributed by atoms with E-state index in [4.69, 9.17) is 4.74 Å². The van der Waals surface area contributed by atoms with E-state index >= 15 is 0 Å². The number of hydrogen-bond donors (Lipinski definition) is 0. The topological polar surface area (TPSA) is 57.0 Å². The summed E-state index contributed by atoms with van der Waals surface area (Å²) in [5, 5.41) is 4.56. The van der Waals surface area contributed by atoms with Gasteiger partial charge >= 0.3 is 5.97 Å². The predicted molar refractivity (Wildman–Crippen MR) is 90.0 cm³/mol. The monoisotopic (exact) mass is 371 g/mol. The number of pyridine rings is 1. The Kier molecular flexibility index (Phi) is 4.52. The average molecular weight is 372 g/mol. The molecule has 5 nitrogen and oxygen atoms in total. The molecule has 0 bridgehead atoms. The molecule has 0 N–H and O–H groups in total. The largest absolute Gasteiger partial charge is 0.465 e. The van der Waals surface area contributed by atoms with Gasteiger partial charge in [0.1, 0.15) is 4.60 Å². The predicted octanol–water partition coefficient (Wildman–Crippen LogP) is 3.54. The van der Waals surface area contributed by atoms with Crippen molar-refractivity contribution in [1.82, 2.24) is 14.8 Å². The van der Waals surface area contributed by atoms with E-state index in [0.29, 0.717) is 12.1 Å². The van der Waals surface area contributed by atoms with Gasteiger partial charge < -0.3 is 4.74 Å². The zero-order chi connectivity index (χ0) is 16.2. The molecular weight excluding hydrogens is 358 g/mol. The van der Waals surface area contributed by atoms with Crippen LogP contribution in [0.1, 0.15) is 15.9 Å². The van der Waals surface area contributed by atoms with Crippen molar-refractivity contribution in [3.63, 3.8) is 0 Å².